The van der Waals surface area contributed by atoms with Crippen molar-refractivity contribution >= 4 is 11.9 Å². The van der Waals surface area contributed by atoms with E-state index in [2.05, 4.69) is 20.2 Å². The third-order valence-corrected chi connectivity index (χ3v) is 4.81. The van der Waals surface area contributed by atoms with Crippen LogP contribution in [-0.2, 0) is 0 Å². The molecule has 7 nitrogen and oxygen atoms in total. The van der Waals surface area contributed by atoms with Crippen molar-refractivity contribution in [1.29, 1.82) is 0 Å². The second-order valence-electron chi connectivity index (χ2n) is 6.72. The summed E-state index contributed by atoms with van der Waals surface area (Å²) in [4.78, 5) is 23.4. The van der Waals surface area contributed by atoms with E-state index in [0.29, 0.717) is 42.7 Å². The predicted octanol–water partition coefficient (Wildman–Crippen LogP) is 2.92. The van der Waals surface area contributed by atoms with E-state index in [4.69, 9.17) is 9.47 Å². The van der Waals surface area contributed by atoms with Crippen molar-refractivity contribution in [3.05, 3.63) is 42.2 Å². The number of amides is 1. The molecule has 7 heteroatoms. The molecule has 1 N–H and O–H groups in total. The second kappa shape index (κ2) is 9.92. The van der Waals surface area contributed by atoms with Crippen LogP contribution in [0.15, 0.2) is 36.7 Å². The van der Waals surface area contributed by atoms with Crippen molar-refractivity contribution in [1.82, 2.24) is 15.3 Å². The Morgan fingerprint density at radius 3 is 2.46 bits per heavy atom. The van der Waals surface area contributed by atoms with Gasteiger partial charge in [0.25, 0.3) is 5.91 Å². The summed E-state index contributed by atoms with van der Waals surface area (Å²) in [5.41, 5.74) is 0.585. The molecule has 1 aliphatic heterocycles. The summed E-state index contributed by atoms with van der Waals surface area (Å²) in [7, 11) is 0. The van der Waals surface area contributed by atoms with Gasteiger partial charge in [-0.3, -0.25) is 4.79 Å². The van der Waals surface area contributed by atoms with E-state index in [1.54, 1.807) is 30.6 Å². The lowest BCUT2D eigenvalue weighted by molar-refractivity contribution is 0.0944. The highest BCUT2D eigenvalue weighted by Gasteiger charge is 2.21. The van der Waals surface area contributed by atoms with Gasteiger partial charge >= 0.3 is 0 Å². The molecule has 150 valence electrons. The van der Waals surface area contributed by atoms with Gasteiger partial charge in [0.2, 0.25) is 5.95 Å². The highest BCUT2D eigenvalue weighted by molar-refractivity contribution is 5.94. The molecule has 1 amide bonds. The molecule has 1 aliphatic rings. The van der Waals surface area contributed by atoms with Crippen LogP contribution in [0.4, 0.5) is 5.95 Å². The van der Waals surface area contributed by atoms with Crippen molar-refractivity contribution in [2.24, 2.45) is 5.92 Å². The number of hydrogen-bond donors (Lipinski definition) is 1. The van der Waals surface area contributed by atoms with E-state index in [1.807, 2.05) is 19.9 Å². The van der Waals surface area contributed by atoms with Crippen LogP contribution in [0.3, 0.4) is 0 Å². The van der Waals surface area contributed by atoms with Crippen LogP contribution < -0.4 is 19.7 Å². The van der Waals surface area contributed by atoms with Crippen LogP contribution in [0.5, 0.6) is 11.5 Å². The van der Waals surface area contributed by atoms with Gasteiger partial charge in [-0.05, 0) is 56.9 Å². The van der Waals surface area contributed by atoms with Crippen molar-refractivity contribution in [3.8, 4) is 11.5 Å². The van der Waals surface area contributed by atoms with E-state index in [0.717, 1.165) is 31.9 Å². The largest absolute Gasteiger partial charge is 0.490 e. The van der Waals surface area contributed by atoms with Gasteiger partial charge in [0, 0.05) is 37.6 Å². The fourth-order valence-corrected chi connectivity index (χ4v) is 3.32. The summed E-state index contributed by atoms with van der Waals surface area (Å²) in [5.74, 6) is 2.42. The fraction of sp³-hybridized carbons (Fsp3) is 0.476. The van der Waals surface area contributed by atoms with Gasteiger partial charge in [0.1, 0.15) is 0 Å². The van der Waals surface area contributed by atoms with Crippen LogP contribution in [-0.4, -0.2) is 48.7 Å². The first-order valence-corrected chi connectivity index (χ1v) is 9.91. The number of aromatic nitrogens is 2. The summed E-state index contributed by atoms with van der Waals surface area (Å²) in [6.45, 7) is 7.39. The topological polar surface area (TPSA) is 76.6 Å². The molecule has 2 aromatic rings. The van der Waals surface area contributed by atoms with Crippen molar-refractivity contribution in [2.75, 3.05) is 37.7 Å². The Balaban J connectivity index is 1.51. The van der Waals surface area contributed by atoms with E-state index >= 15 is 0 Å². The molecule has 0 saturated carbocycles. The number of nitrogens with zero attached hydrogens (tertiary/aromatic N) is 3. The molecule has 0 unspecified atom stereocenters. The SMILES string of the molecule is CCOc1ccc(C(=O)NCC2CCN(c3ncccn3)CC2)cc1OCC. The van der Waals surface area contributed by atoms with Crippen LogP contribution in [0.2, 0.25) is 0 Å². The van der Waals surface area contributed by atoms with Crippen molar-refractivity contribution < 1.29 is 14.3 Å². The lowest BCUT2D eigenvalue weighted by Crippen LogP contribution is -2.39. The summed E-state index contributed by atoms with van der Waals surface area (Å²) < 4.78 is 11.2. The monoisotopic (exact) mass is 384 g/mol. The Bertz CT molecular complexity index is 762. The van der Waals surface area contributed by atoms with Crippen molar-refractivity contribution in [2.45, 2.75) is 26.7 Å². The van der Waals surface area contributed by atoms with Gasteiger partial charge < -0.3 is 19.7 Å². The van der Waals surface area contributed by atoms with Gasteiger partial charge in [-0.1, -0.05) is 0 Å². The van der Waals surface area contributed by atoms with E-state index in [-0.39, 0.29) is 5.91 Å². The number of piperidine rings is 1. The summed E-state index contributed by atoms with van der Waals surface area (Å²) in [5, 5.41) is 3.06. The average molecular weight is 384 g/mol. The first-order valence-electron chi connectivity index (χ1n) is 9.91. The number of carbonyl (C=O) groups is 1. The number of hydrogen-bond acceptors (Lipinski definition) is 6. The van der Waals surface area contributed by atoms with E-state index in [1.165, 1.54) is 0 Å². The lowest BCUT2D eigenvalue weighted by Gasteiger charge is -2.31. The van der Waals surface area contributed by atoms with Crippen LogP contribution in [0.1, 0.15) is 37.0 Å². The third-order valence-electron chi connectivity index (χ3n) is 4.81. The highest BCUT2D eigenvalue weighted by atomic mass is 16.5. The maximum absolute atomic E-state index is 12.6. The number of benzene rings is 1. The zero-order chi connectivity index (χ0) is 19.8. The minimum absolute atomic E-state index is 0.0853. The highest BCUT2D eigenvalue weighted by Crippen LogP contribution is 2.28. The first-order chi connectivity index (χ1) is 13.7. The Morgan fingerprint density at radius 2 is 1.79 bits per heavy atom. The molecule has 1 fully saturated rings. The number of ether oxygens (including phenoxy) is 2. The quantitative estimate of drug-likeness (QED) is 0.754. The van der Waals surface area contributed by atoms with E-state index < -0.39 is 0 Å². The molecule has 0 aliphatic carbocycles. The fourth-order valence-electron chi connectivity index (χ4n) is 3.32. The molecule has 0 bridgehead atoms. The first kappa shape index (κ1) is 19.9. The molecule has 1 saturated heterocycles. The minimum Gasteiger partial charge on any atom is -0.490 e. The molecule has 0 atom stereocenters. The third kappa shape index (κ3) is 5.12. The maximum Gasteiger partial charge on any atom is 0.251 e. The van der Waals surface area contributed by atoms with Crippen LogP contribution >= 0.6 is 0 Å². The zero-order valence-electron chi connectivity index (χ0n) is 16.6. The van der Waals surface area contributed by atoms with Gasteiger partial charge in [-0.2, -0.15) is 0 Å². The molecule has 3 rings (SSSR count). The average Bonchev–Trinajstić information content (AvgIpc) is 2.74. The number of nitrogens with one attached hydrogen (secondary N) is 1. The van der Waals surface area contributed by atoms with Gasteiger partial charge in [-0.15, -0.1) is 0 Å². The lowest BCUT2D eigenvalue weighted by atomic mass is 9.97. The minimum atomic E-state index is -0.0853. The number of anilines is 1. The molecular weight excluding hydrogens is 356 g/mol. The number of carbonyl (C=O) groups excluding carboxylic acids is 1. The van der Waals surface area contributed by atoms with Gasteiger partial charge in [0.05, 0.1) is 13.2 Å². The Hall–Kier alpha value is -2.83. The molecule has 0 spiro atoms. The Labute approximate surface area is 166 Å². The Morgan fingerprint density at radius 1 is 1.11 bits per heavy atom. The molecule has 0 radical (unpaired) electrons. The van der Waals surface area contributed by atoms with Gasteiger partial charge in [0.15, 0.2) is 11.5 Å². The van der Waals surface area contributed by atoms with Gasteiger partial charge in [-0.25, -0.2) is 9.97 Å². The standard InChI is InChI=1S/C21H28N4O3/c1-3-27-18-7-6-17(14-19(18)28-4-2)20(26)24-15-16-8-12-25(13-9-16)21-22-10-5-11-23-21/h5-7,10-11,14,16H,3-4,8-9,12-13,15H2,1-2H3,(H,24,26). The van der Waals surface area contributed by atoms with Crippen molar-refractivity contribution in [3.63, 3.8) is 0 Å². The van der Waals surface area contributed by atoms with Crippen LogP contribution in [0, 0.1) is 5.92 Å². The summed E-state index contributed by atoms with van der Waals surface area (Å²) in [6.07, 6.45) is 5.54. The predicted molar refractivity (Wildman–Crippen MR) is 108 cm³/mol. The molecular formula is C21H28N4O3. The maximum atomic E-state index is 12.6. The zero-order valence-corrected chi connectivity index (χ0v) is 16.6. The smallest absolute Gasteiger partial charge is 0.251 e. The molecule has 1 aromatic carbocycles. The normalized spacial score (nSPS) is 14.6. The van der Waals surface area contributed by atoms with E-state index in [9.17, 15) is 4.79 Å². The summed E-state index contributed by atoms with van der Waals surface area (Å²) in [6, 6.07) is 7.14. The molecule has 2 heterocycles. The molecule has 1 aromatic heterocycles. The second-order valence-corrected chi connectivity index (χ2v) is 6.72. The Kier molecular flexibility index (Phi) is 7.06. The number of rotatable bonds is 8. The van der Waals surface area contributed by atoms with Crippen LogP contribution in [0.25, 0.3) is 0 Å². The molecule has 28 heavy (non-hydrogen) atoms. The summed E-state index contributed by atoms with van der Waals surface area (Å²) >= 11 is 0.